The van der Waals surface area contributed by atoms with Gasteiger partial charge in [0, 0.05) is 40.9 Å². The molecule has 194 valence electrons. The van der Waals surface area contributed by atoms with Crippen LogP contribution in [0.2, 0.25) is 0 Å². The van der Waals surface area contributed by atoms with Crippen LogP contribution in [0.5, 0.6) is 0 Å². The number of carbonyl (C=O) groups is 1. The number of thiazole rings is 1. The van der Waals surface area contributed by atoms with Gasteiger partial charge in [-0.3, -0.25) is 14.2 Å². The Kier molecular flexibility index (Phi) is 7.14. The Morgan fingerprint density at radius 3 is 2.72 bits per heavy atom. The molecule has 0 fully saturated rings. The van der Waals surface area contributed by atoms with Gasteiger partial charge in [-0.25, -0.2) is 9.97 Å². The summed E-state index contributed by atoms with van der Waals surface area (Å²) in [5.74, 6) is 1.00. The van der Waals surface area contributed by atoms with Gasteiger partial charge in [0.1, 0.15) is 15.6 Å². The minimum Gasteiger partial charge on any atom is -0.464 e. The van der Waals surface area contributed by atoms with Gasteiger partial charge in [0.25, 0.3) is 5.56 Å². The molecule has 6 rings (SSSR count). The molecule has 1 amide bonds. The van der Waals surface area contributed by atoms with E-state index < -0.39 is 0 Å². The first kappa shape index (κ1) is 25.3. The molecule has 1 N–H and O–H groups in total. The highest BCUT2D eigenvalue weighted by atomic mass is 32.2. The standard InChI is InChI=1S/C29H22N4O3S3/c1-2-14-33-28(35)25-20(22-7-5-15-36-22)17-38-27(25)32-29(33)37-16-13-24(34)30-19-11-9-18(10-12-19)26-31-21-6-3-4-8-23(21)39-26/h2-12,15,17H,1,13-14,16H2,(H,30,34). The number of amides is 1. The van der Waals surface area contributed by atoms with E-state index in [0.29, 0.717) is 33.4 Å². The van der Waals surface area contributed by atoms with E-state index in [9.17, 15) is 9.59 Å². The topological polar surface area (TPSA) is 90.0 Å². The lowest BCUT2D eigenvalue weighted by Crippen LogP contribution is -2.23. The Hall–Kier alpha value is -3.99. The molecular weight excluding hydrogens is 549 g/mol. The van der Waals surface area contributed by atoms with Crippen LogP contribution in [-0.2, 0) is 11.3 Å². The lowest BCUT2D eigenvalue weighted by Gasteiger charge is -2.10. The Labute approximate surface area is 235 Å². The molecule has 0 saturated carbocycles. The number of fused-ring (bicyclic) bond motifs is 2. The molecule has 0 atom stereocenters. The fraction of sp³-hybridized carbons (Fsp3) is 0.103. The van der Waals surface area contributed by atoms with Crippen molar-refractivity contribution in [3.63, 3.8) is 0 Å². The van der Waals surface area contributed by atoms with Crippen molar-refractivity contribution < 1.29 is 9.21 Å². The Bertz CT molecular complexity index is 1820. The summed E-state index contributed by atoms with van der Waals surface area (Å²) in [5.41, 5.74) is 3.31. The SMILES string of the molecule is C=CCn1c(SCCC(=O)Nc2ccc(-c3nc4ccccc4s3)cc2)nc2scc(-c3ccco3)c2c1=O. The highest BCUT2D eigenvalue weighted by Crippen LogP contribution is 2.33. The molecule has 39 heavy (non-hydrogen) atoms. The van der Waals surface area contributed by atoms with Crippen molar-refractivity contribution in [1.29, 1.82) is 0 Å². The summed E-state index contributed by atoms with van der Waals surface area (Å²) in [5, 5.41) is 6.88. The van der Waals surface area contributed by atoms with Crippen molar-refractivity contribution in [3.8, 4) is 21.9 Å². The highest BCUT2D eigenvalue weighted by molar-refractivity contribution is 7.99. The van der Waals surface area contributed by atoms with Crippen molar-refractivity contribution in [3.05, 3.63) is 95.3 Å². The van der Waals surface area contributed by atoms with Gasteiger partial charge in [-0.05, 0) is 48.5 Å². The smallest absolute Gasteiger partial charge is 0.263 e. The van der Waals surface area contributed by atoms with Crippen molar-refractivity contribution in [2.45, 2.75) is 18.1 Å². The molecule has 0 radical (unpaired) electrons. The molecule has 0 aliphatic carbocycles. The van der Waals surface area contributed by atoms with Gasteiger partial charge in [-0.15, -0.1) is 29.3 Å². The molecule has 0 bridgehead atoms. The van der Waals surface area contributed by atoms with E-state index in [1.54, 1.807) is 34.3 Å². The number of benzene rings is 2. The van der Waals surface area contributed by atoms with Crippen molar-refractivity contribution in [2.75, 3.05) is 11.1 Å². The zero-order valence-electron chi connectivity index (χ0n) is 20.6. The number of allylic oxidation sites excluding steroid dienone is 1. The summed E-state index contributed by atoms with van der Waals surface area (Å²) in [6.45, 7) is 4.11. The second kappa shape index (κ2) is 11.0. The summed E-state index contributed by atoms with van der Waals surface area (Å²) in [6.07, 6.45) is 3.53. The van der Waals surface area contributed by atoms with E-state index in [4.69, 9.17) is 14.4 Å². The zero-order valence-corrected chi connectivity index (χ0v) is 23.1. The minimum absolute atomic E-state index is 0.106. The molecule has 0 spiro atoms. The number of aromatic nitrogens is 3. The average molecular weight is 571 g/mol. The van der Waals surface area contributed by atoms with Gasteiger partial charge < -0.3 is 9.73 Å². The quantitative estimate of drug-likeness (QED) is 0.111. The second-order valence-corrected chi connectivity index (χ2v) is 11.6. The molecule has 10 heteroatoms. The van der Waals surface area contributed by atoms with Gasteiger partial charge in [0.05, 0.1) is 21.9 Å². The van der Waals surface area contributed by atoms with E-state index in [1.807, 2.05) is 53.9 Å². The number of para-hydroxylation sites is 1. The molecular formula is C29H22N4O3S3. The minimum atomic E-state index is -0.146. The summed E-state index contributed by atoms with van der Waals surface area (Å²) < 4.78 is 8.25. The second-order valence-electron chi connectivity index (χ2n) is 8.62. The fourth-order valence-electron chi connectivity index (χ4n) is 4.17. The lowest BCUT2D eigenvalue weighted by atomic mass is 10.2. The van der Waals surface area contributed by atoms with E-state index in [0.717, 1.165) is 32.0 Å². The number of thioether (sulfide) groups is 1. The Morgan fingerprint density at radius 2 is 1.95 bits per heavy atom. The van der Waals surface area contributed by atoms with Crippen LogP contribution in [0.25, 0.3) is 42.3 Å². The third-order valence-electron chi connectivity index (χ3n) is 6.03. The van der Waals surface area contributed by atoms with E-state index >= 15 is 0 Å². The van der Waals surface area contributed by atoms with Crippen molar-refractivity contribution in [2.24, 2.45) is 0 Å². The summed E-state index contributed by atoms with van der Waals surface area (Å²) in [6, 6.07) is 19.4. The number of hydrogen-bond donors (Lipinski definition) is 1. The molecule has 4 aromatic heterocycles. The van der Waals surface area contributed by atoms with Gasteiger partial charge in [-0.1, -0.05) is 30.0 Å². The molecule has 6 aromatic rings. The number of nitrogens with one attached hydrogen (secondary N) is 1. The van der Waals surface area contributed by atoms with Crippen LogP contribution in [0.3, 0.4) is 0 Å². The maximum absolute atomic E-state index is 13.4. The number of hydrogen-bond acceptors (Lipinski definition) is 8. The van der Waals surface area contributed by atoms with Crippen molar-refractivity contribution in [1.82, 2.24) is 14.5 Å². The first-order valence-corrected chi connectivity index (χ1v) is 14.8. The summed E-state index contributed by atoms with van der Waals surface area (Å²) in [7, 11) is 0. The zero-order chi connectivity index (χ0) is 26.8. The molecule has 2 aromatic carbocycles. The van der Waals surface area contributed by atoms with Crippen LogP contribution in [0.4, 0.5) is 5.69 Å². The molecule has 0 aliphatic rings. The Balaban J connectivity index is 1.12. The molecule has 4 heterocycles. The summed E-state index contributed by atoms with van der Waals surface area (Å²) >= 11 is 4.43. The summed E-state index contributed by atoms with van der Waals surface area (Å²) in [4.78, 5) is 36.1. The first-order chi connectivity index (χ1) is 19.1. The van der Waals surface area contributed by atoms with Crippen LogP contribution in [0.1, 0.15) is 6.42 Å². The highest BCUT2D eigenvalue weighted by Gasteiger charge is 2.18. The van der Waals surface area contributed by atoms with E-state index in [2.05, 4.69) is 18.0 Å². The van der Waals surface area contributed by atoms with Gasteiger partial charge >= 0.3 is 0 Å². The fourth-order valence-corrected chi connectivity index (χ4v) is 7.06. The third kappa shape index (κ3) is 5.18. The number of nitrogens with zero attached hydrogens (tertiary/aromatic N) is 3. The maximum Gasteiger partial charge on any atom is 0.263 e. The molecule has 0 aliphatic heterocycles. The number of anilines is 1. The Morgan fingerprint density at radius 1 is 1.10 bits per heavy atom. The molecule has 0 saturated heterocycles. The van der Waals surface area contributed by atoms with Crippen molar-refractivity contribution >= 4 is 66.5 Å². The van der Waals surface area contributed by atoms with Crippen LogP contribution < -0.4 is 10.9 Å². The van der Waals surface area contributed by atoms with Crippen LogP contribution in [0.15, 0.2) is 99.3 Å². The largest absolute Gasteiger partial charge is 0.464 e. The third-order valence-corrected chi connectivity index (χ3v) is 8.96. The molecule has 0 unspecified atom stereocenters. The number of carbonyl (C=O) groups excluding carboxylic acids is 1. The van der Waals surface area contributed by atoms with E-state index in [-0.39, 0.29) is 17.9 Å². The first-order valence-electron chi connectivity index (χ1n) is 12.2. The van der Waals surface area contributed by atoms with E-state index in [1.165, 1.54) is 23.1 Å². The monoisotopic (exact) mass is 570 g/mol. The average Bonchev–Trinajstić information content (AvgIpc) is 3.70. The van der Waals surface area contributed by atoms with Gasteiger partial charge in [-0.2, -0.15) is 0 Å². The number of furan rings is 1. The van der Waals surface area contributed by atoms with Crippen LogP contribution >= 0.6 is 34.4 Å². The lowest BCUT2D eigenvalue weighted by molar-refractivity contribution is -0.115. The maximum atomic E-state index is 13.4. The van der Waals surface area contributed by atoms with Crippen LogP contribution in [-0.4, -0.2) is 26.2 Å². The van der Waals surface area contributed by atoms with Crippen LogP contribution in [0, 0.1) is 0 Å². The normalized spacial score (nSPS) is 11.3. The predicted octanol–water partition coefficient (Wildman–Crippen LogP) is 7.30. The van der Waals surface area contributed by atoms with Gasteiger partial charge in [0.15, 0.2) is 5.16 Å². The van der Waals surface area contributed by atoms with Gasteiger partial charge in [0.2, 0.25) is 5.91 Å². The number of thiophene rings is 1. The molecule has 7 nitrogen and oxygen atoms in total. The number of rotatable bonds is 9. The predicted molar refractivity (Wildman–Crippen MR) is 161 cm³/mol.